The molecule has 0 aliphatic rings. The second kappa shape index (κ2) is 4.98. The normalized spacial score (nSPS) is 10.1. The summed E-state index contributed by atoms with van der Waals surface area (Å²) in [5.41, 5.74) is 8.00. The van der Waals surface area contributed by atoms with Gasteiger partial charge in [0.2, 0.25) is 0 Å². The zero-order chi connectivity index (χ0) is 8.81. The quantitative estimate of drug-likeness (QED) is 0.440. The molecule has 0 atom stereocenters. The Bertz CT molecular complexity index is 325. The number of hydrogen-bond donors (Lipinski definition) is 0. The number of azide groups is 1. The highest BCUT2D eigenvalue weighted by molar-refractivity contribution is 9.10. The molecule has 1 aromatic heterocycles. The first-order chi connectivity index (χ1) is 5.84. The fourth-order valence-electron chi connectivity index (χ4n) is 0.668. The van der Waals surface area contributed by atoms with Gasteiger partial charge in [-0.15, -0.1) is 11.3 Å². The number of nitrogens with zero attached hydrogens (tertiary/aromatic N) is 3. The number of thiophene rings is 1. The Kier molecular flexibility index (Phi) is 3.87. The minimum atomic E-state index is 0.404. The lowest BCUT2D eigenvalue weighted by Crippen LogP contribution is -1.67. The first-order valence-electron chi connectivity index (χ1n) is 3.25. The molecule has 0 aliphatic carbocycles. The number of halogens is 1. The maximum absolute atomic E-state index is 8.00. The number of hydrogen-bond acceptors (Lipinski definition) is 2. The summed E-state index contributed by atoms with van der Waals surface area (Å²) >= 11 is 5.03. The van der Waals surface area contributed by atoms with Gasteiger partial charge in [0.15, 0.2) is 0 Å². The summed E-state index contributed by atoms with van der Waals surface area (Å²) in [7, 11) is 0. The highest BCUT2D eigenvalue weighted by Crippen LogP contribution is 2.23. The molecule has 0 spiro atoms. The van der Waals surface area contributed by atoms with Crippen molar-refractivity contribution in [2.75, 3.05) is 6.54 Å². The summed E-state index contributed by atoms with van der Waals surface area (Å²) in [5.74, 6) is 0. The van der Waals surface area contributed by atoms with Crippen LogP contribution in [0.1, 0.15) is 4.88 Å². The molecule has 0 saturated heterocycles. The molecular formula is C7H6BrN3S. The SMILES string of the molecule is [N-]=[N+]=NCC=Cc1sccc1Br. The minimum Gasteiger partial charge on any atom is -0.143 e. The van der Waals surface area contributed by atoms with Crippen LogP contribution < -0.4 is 0 Å². The largest absolute Gasteiger partial charge is 0.143 e. The predicted octanol–water partition coefficient (Wildman–Crippen LogP) is 3.83. The molecule has 0 fully saturated rings. The third-order valence-corrected chi connectivity index (χ3v) is 3.00. The van der Waals surface area contributed by atoms with Crippen LogP contribution in [0.4, 0.5) is 0 Å². The maximum Gasteiger partial charge on any atom is 0.0443 e. The van der Waals surface area contributed by atoms with Gasteiger partial charge in [0, 0.05) is 20.8 Å². The van der Waals surface area contributed by atoms with Crippen molar-refractivity contribution in [2.24, 2.45) is 5.11 Å². The average Bonchev–Trinajstić information content (AvgIpc) is 2.46. The predicted molar refractivity (Wildman–Crippen MR) is 55.1 cm³/mol. The van der Waals surface area contributed by atoms with Crippen LogP contribution in [0.3, 0.4) is 0 Å². The topological polar surface area (TPSA) is 48.8 Å². The molecule has 5 heteroatoms. The highest BCUT2D eigenvalue weighted by Gasteiger charge is 1.93. The van der Waals surface area contributed by atoms with Crippen LogP contribution in [0.25, 0.3) is 16.5 Å². The monoisotopic (exact) mass is 243 g/mol. The van der Waals surface area contributed by atoms with E-state index in [-0.39, 0.29) is 0 Å². The molecule has 62 valence electrons. The Balaban J connectivity index is 2.57. The van der Waals surface area contributed by atoms with Crippen molar-refractivity contribution in [1.29, 1.82) is 0 Å². The van der Waals surface area contributed by atoms with Gasteiger partial charge in [-0.3, -0.25) is 0 Å². The van der Waals surface area contributed by atoms with Crippen LogP contribution in [0.2, 0.25) is 0 Å². The Labute approximate surface area is 82.5 Å². The van der Waals surface area contributed by atoms with E-state index in [1.54, 1.807) is 11.3 Å². The Morgan fingerprint density at radius 3 is 3.17 bits per heavy atom. The van der Waals surface area contributed by atoms with Crippen molar-refractivity contribution in [2.45, 2.75) is 0 Å². The second-order valence-corrected chi connectivity index (χ2v) is 3.75. The molecule has 0 radical (unpaired) electrons. The molecule has 0 bridgehead atoms. The first-order valence-corrected chi connectivity index (χ1v) is 4.92. The lowest BCUT2D eigenvalue weighted by atomic mass is 10.4. The fourth-order valence-corrected chi connectivity index (χ4v) is 2.09. The maximum atomic E-state index is 8.00. The van der Waals surface area contributed by atoms with E-state index >= 15 is 0 Å². The van der Waals surface area contributed by atoms with Gasteiger partial charge in [-0.1, -0.05) is 11.2 Å². The van der Waals surface area contributed by atoms with E-state index in [0.717, 1.165) is 9.35 Å². The van der Waals surface area contributed by atoms with Crippen LogP contribution in [-0.4, -0.2) is 6.54 Å². The van der Waals surface area contributed by atoms with Gasteiger partial charge in [0.05, 0.1) is 0 Å². The van der Waals surface area contributed by atoms with Gasteiger partial charge in [0.1, 0.15) is 0 Å². The smallest absolute Gasteiger partial charge is 0.0443 e. The third-order valence-electron chi connectivity index (χ3n) is 1.16. The van der Waals surface area contributed by atoms with E-state index in [1.807, 2.05) is 23.6 Å². The molecule has 0 aromatic carbocycles. The van der Waals surface area contributed by atoms with E-state index in [0.29, 0.717) is 6.54 Å². The molecule has 0 amide bonds. The van der Waals surface area contributed by atoms with E-state index in [4.69, 9.17) is 5.53 Å². The highest BCUT2D eigenvalue weighted by atomic mass is 79.9. The average molecular weight is 244 g/mol. The summed E-state index contributed by atoms with van der Waals surface area (Å²) in [5, 5.41) is 5.38. The van der Waals surface area contributed by atoms with Crippen molar-refractivity contribution in [3.63, 3.8) is 0 Å². The number of rotatable bonds is 3. The van der Waals surface area contributed by atoms with Gasteiger partial charge in [0.25, 0.3) is 0 Å². The van der Waals surface area contributed by atoms with Crippen LogP contribution in [0, 0.1) is 0 Å². The molecule has 3 nitrogen and oxygen atoms in total. The van der Waals surface area contributed by atoms with Crippen LogP contribution >= 0.6 is 27.3 Å². The van der Waals surface area contributed by atoms with Crippen LogP contribution in [0.15, 0.2) is 27.1 Å². The van der Waals surface area contributed by atoms with E-state index in [9.17, 15) is 0 Å². The van der Waals surface area contributed by atoms with Crippen molar-refractivity contribution >= 4 is 33.3 Å². The van der Waals surface area contributed by atoms with Crippen molar-refractivity contribution in [3.8, 4) is 0 Å². The molecular weight excluding hydrogens is 238 g/mol. The van der Waals surface area contributed by atoms with Gasteiger partial charge in [-0.2, -0.15) is 0 Å². The summed E-state index contributed by atoms with van der Waals surface area (Å²) in [6.45, 7) is 0.404. The summed E-state index contributed by atoms with van der Waals surface area (Å²) in [6.07, 6.45) is 3.76. The van der Waals surface area contributed by atoms with E-state index in [2.05, 4.69) is 26.0 Å². The molecule has 0 saturated carbocycles. The zero-order valence-corrected chi connectivity index (χ0v) is 8.55. The summed E-state index contributed by atoms with van der Waals surface area (Å²) in [6, 6.07) is 1.98. The molecule has 0 aliphatic heterocycles. The molecule has 1 heterocycles. The fraction of sp³-hybridized carbons (Fsp3) is 0.143. The van der Waals surface area contributed by atoms with Crippen LogP contribution in [0.5, 0.6) is 0 Å². The Hall–Kier alpha value is -0.770. The van der Waals surface area contributed by atoms with E-state index < -0.39 is 0 Å². The third kappa shape index (κ3) is 2.70. The Morgan fingerprint density at radius 1 is 1.75 bits per heavy atom. The summed E-state index contributed by atoms with van der Waals surface area (Å²) in [4.78, 5) is 3.78. The molecule has 0 N–H and O–H groups in total. The standard InChI is InChI=1S/C7H6BrN3S/c8-6-3-5-12-7(6)2-1-4-10-11-9/h1-3,5H,4H2. The van der Waals surface area contributed by atoms with Crippen molar-refractivity contribution < 1.29 is 0 Å². The second-order valence-electron chi connectivity index (χ2n) is 1.95. The Morgan fingerprint density at radius 2 is 2.58 bits per heavy atom. The lowest BCUT2D eigenvalue weighted by molar-refractivity contribution is 1.22. The van der Waals surface area contributed by atoms with Crippen molar-refractivity contribution in [1.82, 2.24) is 0 Å². The zero-order valence-electron chi connectivity index (χ0n) is 6.14. The van der Waals surface area contributed by atoms with Crippen LogP contribution in [-0.2, 0) is 0 Å². The first kappa shape index (κ1) is 9.32. The lowest BCUT2D eigenvalue weighted by Gasteiger charge is -1.85. The van der Waals surface area contributed by atoms with Gasteiger partial charge >= 0.3 is 0 Å². The van der Waals surface area contributed by atoms with Gasteiger partial charge in [-0.05, 0) is 39.0 Å². The van der Waals surface area contributed by atoms with Gasteiger partial charge in [-0.25, -0.2) is 0 Å². The van der Waals surface area contributed by atoms with Gasteiger partial charge < -0.3 is 0 Å². The molecule has 0 unspecified atom stereocenters. The summed E-state index contributed by atoms with van der Waals surface area (Å²) < 4.78 is 1.07. The molecule has 1 rings (SSSR count). The molecule has 1 aromatic rings. The van der Waals surface area contributed by atoms with E-state index in [1.165, 1.54) is 0 Å². The molecule has 12 heavy (non-hydrogen) atoms. The minimum absolute atomic E-state index is 0.404. The van der Waals surface area contributed by atoms with Crippen molar-refractivity contribution in [3.05, 3.63) is 37.3 Å².